The molecule has 1 aromatic rings. The zero-order valence-electron chi connectivity index (χ0n) is 12.0. The number of halogens is 2. The first-order valence-electron chi connectivity index (χ1n) is 7.17. The summed E-state index contributed by atoms with van der Waals surface area (Å²) in [4.78, 5) is 12.3. The van der Waals surface area contributed by atoms with Crippen molar-refractivity contribution < 1.29 is 4.79 Å². The summed E-state index contributed by atoms with van der Waals surface area (Å²) >= 11 is 12.4. The van der Waals surface area contributed by atoms with Crippen LogP contribution in [0.15, 0.2) is 30.3 Å². The Kier molecular flexibility index (Phi) is 4.66. The molecule has 1 saturated carbocycles. The van der Waals surface area contributed by atoms with E-state index in [-0.39, 0.29) is 11.8 Å². The fourth-order valence-corrected chi connectivity index (χ4v) is 4.02. The molecule has 0 radical (unpaired) electrons. The summed E-state index contributed by atoms with van der Waals surface area (Å²) in [5, 5.41) is 2.98. The Bertz CT molecular complexity index is 475. The summed E-state index contributed by atoms with van der Waals surface area (Å²) < 4.78 is -0.911. The minimum atomic E-state index is -0.911. The van der Waals surface area contributed by atoms with Gasteiger partial charge in [0.2, 0.25) is 5.91 Å². The van der Waals surface area contributed by atoms with Crippen LogP contribution in [0.5, 0.6) is 0 Å². The van der Waals surface area contributed by atoms with E-state index < -0.39 is 9.75 Å². The van der Waals surface area contributed by atoms with Gasteiger partial charge < -0.3 is 5.32 Å². The van der Waals surface area contributed by atoms with Crippen LogP contribution in [0.25, 0.3) is 0 Å². The van der Waals surface area contributed by atoms with Gasteiger partial charge in [-0.3, -0.25) is 4.79 Å². The molecular weight excluding hydrogens is 293 g/mol. The number of rotatable bonds is 6. The molecule has 2 rings (SSSR count). The van der Waals surface area contributed by atoms with Crippen molar-refractivity contribution in [3.63, 3.8) is 0 Å². The number of aryl methyl sites for hydroxylation is 1. The molecule has 0 unspecified atom stereocenters. The van der Waals surface area contributed by atoms with Crippen LogP contribution in [0.2, 0.25) is 0 Å². The normalized spacial score (nSPS) is 27.1. The summed E-state index contributed by atoms with van der Waals surface area (Å²) in [5.74, 6) is 0.00279. The van der Waals surface area contributed by atoms with Crippen LogP contribution in [-0.4, -0.2) is 16.8 Å². The second kappa shape index (κ2) is 5.95. The molecule has 4 heteroatoms. The first-order valence-corrected chi connectivity index (χ1v) is 7.92. The number of carbonyl (C=O) groups excluding carboxylic acids is 1. The molecule has 110 valence electrons. The van der Waals surface area contributed by atoms with E-state index in [4.69, 9.17) is 23.2 Å². The fraction of sp³-hybridized carbons (Fsp3) is 0.562. The number of carbonyl (C=O) groups is 1. The molecule has 0 heterocycles. The second-order valence-electron chi connectivity index (χ2n) is 5.51. The molecule has 1 aromatic carbocycles. The van der Waals surface area contributed by atoms with Crippen molar-refractivity contribution in [2.24, 2.45) is 11.3 Å². The molecule has 0 aromatic heterocycles. The van der Waals surface area contributed by atoms with E-state index in [1.54, 1.807) is 0 Å². The molecule has 1 amide bonds. The number of nitrogens with one attached hydrogen (secondary N) is 1. The molecule has 1 aliphatic carbocycles. The highest BCUT2D eigenvalue weighted by molar-refractivity contribution is 6.53. The third kappa shape index (κ3) is 2.56. The summed E-state index contributed by atoms with van der Waals surface area (Å²) in [6.45, 7) is 4.56. The summed E-state index contributed by atoms with van der Waals surface area (Å²) in [7, 11) is 0. The first kappa shape index (κ1) is 15.7. The Balaban J connectivity index is 1.79. The number of amides is 1. The lowest BCUT2D eigenvalue weighted by atomic mass is 9.99. The standard InChI is InChI=1S/C16H21Cl2NO/c1-3-15(12(2)16(15,17)18)14(20)19-11-7-10-13-8-5-4-6-9-13/h4-6,8-9,12H,3,7,10-11H2,1-2H3,(H,19,20)/t12-,15-/m0/s1. The van der Waals surface area contributed by atoms with Crippen molar-refractivity contribution in [2.75, 3.05) is 6.54 Å². The van der Waals surface area contributed by atoms with Crippen molar-refractivity contribution in [2.45, 2.75) is 37.4 Å². The van der Waals surface area contributed by atoms with Crippen LogP contribution < -0.4 is 5.32 Å². The Hall–Kier alpha value is -0.730. The predicted octanol–water partition coefficient (Wildman–Crippen LogP) is 3.96. The van der Waals surface area contributed by atoms with Gasteiger partial charge in [-0.2, -0.15) is 0 Å². The van der Waals surface area contributed by atoms with Gasteiger partial charge in [-0.15, -0.1) is 23.2 Å². The number of hydrogen-bond donors (Lipinski definition) is 1. The third-order valence-electron chi connectivity index (χ3n) is 4.53. The molecule has 1 aliphatic rings. The molecule has 20 heavy (non-hydrogen) atoms. The van der Waals surface area contributed by atoms with Crippen LogP contribution in [0, 0.1) is 11.3 Å². The van der Waals surface area contributed by atoms with Crippen LogP contribution in [-0.2, 0) is 11.2 Å². The zero-order chi connectivity index (χ0) is 14.8. The summed E-state index contributed by atoms with van der Waals surface area (Å²) in [6.07, 6.45) is 2.55. The largest absolute Gasteiger partial charge is 0.356 e. The SMILES string of the molecule is CC[C@@]1(C(=O)NCCCc2ccccc2)[C@H](C)C1(Cl)Cl. The third-order valence-corrected chi connectivity index (χ3v) is 5.86. The van der Waals surface area contributed by atoms with Gasteiger partial charge in [0, 0.05) is 12.5 Å². The van der Waals surface area contributed by atoms with Crippen molar-refractivity contribution in [3.05, 3.63) is 35.9 Å². The quantitative estimate of drug-likeness (QED) is 0.625. The van der Waals surface area contributed by atoms with Crippen LogP contribution >= 0.6 is 23.2 Å². The number of benzene rings is 1. The lowest BCUT2D eigenvalue weighted by Gasteiger charge is -2.16. The molecule has 0 saturated heterocycles. The van der Waals surface area contributed by atoms with Gasteiger partial charge in [0.1, 0.15) is 4.33 Å². The number of alkyl halides is 2. The minimum Gasteiger partial charge on any atom is -0.356 e. The highest BCUT2D eigenvalue weighted by Crippen LogP contribution is 2.70. The van der Waals surface area contributed by atoms with E-state index in [2.05, 4.69) is 17.4 Å². The lowest BCUT2D eigenvalue weighted by molar-refractivity contribution is -0.127. The maximum Gasteiger partial charge on any atom is 0.229 e. The topological polar surface area (TPSA) is 29.1 Å². The van der Waals surface area contributed by atoms with Crippen molar-refractivity contribution >= 4 is 29.1 Å². The van der Waals surface area contributed by atoms with Crippen LogP contribution in [0.4, 0.5) is 0 Å². The Morgan fingerprint density at radius 2 is 1.90 bits per heavy atom. The smallest absolute Gasteiger partial charge is 0.229 e. The predicted molar refractivity (Wildman–Crippen MR) is 84.1 cm³/mol. The average molecular weight is 314 g/mol. The number of hydrogen-bond acceptors (Lipinski definition) is 1. The second-order valence-corrected chi connectivity index (χ2v) is 6.90. The maximum absolute atomic E-state index is 12.3. The summed E-state index contributed by atoms with van der Waals surface area (Å²) in [6, 6.07) is 10.3. The van der Waals surface area contributed by atoms with Crippen LogP contribution in [0.1, 0.15) is 32.3 Å². The average Bonchev–Trinajstić information content (AvgIpc) is 2.90. The van der Waals surface area contributed by atoms with E-state index in [9.17, 15) is 4.79 Å². The zero-order valence-corrected chi connectivity index (χ0v) is 13.5. The monoisotopic (exact) mass is 313 g/mol. The molecule has 0 aliphatic heterocycles. The van der Waals surface area contributed by atoms with Crippen molar-refractivity contribution in [1.82, 2.24) is 5.32 Å². The Labute approximate surface area is 130 Å². The highest BCUT2D eigenvalue weighted by Gasteiger charge is 2.76. The minimum absolute atomic E-state index is 0.00874. The van der Waals surface area contributed by atoms with Crippen LogP contribution in [0.3, 0.4) is 0 Å². The molecular formula is C16H21Cl2NO. The lowest BCUT2D eigenvalue weighted by Crippen LogP contribution is -2.36. The summed E-state index contributed by atoms with van der Waals surface area (Å²) in [5.41, 5.74) is 0.679. The van der Waals surface area contributed by atoms with E-state index in [1.807, 2.05) is 32.0 Å². The first-order chi connectivity index (χ1) is 9.46. The molecule has 1 N–H and O–H groups in total. The van der Waals surface area contributed by atoms with Gasteiger partial charge in [-0.25, -0.2) is 0 Å². The van der Waals surface area contributed by atoms with Gasteiger partial charge in [0.15, 0.2) is 0 Å². The molecule has 0 spiro atoms. The Morgan fingerprint density at radius 3 is 2.40 bits per heavy atom. The fourth-order valence-electron chi connectivity index (χ4n) is 2.99. The van der Waals surface area contributed by atoms with Gasteiger partial charge in [-0.05, 0) is 24.8 Å². The molecule has 2 nitrogen and oxygen atoms in total. The molecule has 2 atom stereocenters. The van der Waals surface area contributed by atoms with Crippen molar-refractivity contribution in [1.29, 1.82) is 0 Å². The Morgan fingerprint density at radius 1 is 1.30 bits per heavy atom. The molecule has 0 bridgehead atoms. The van der Waals surface area contributed by atoms with E-state index in [1.165, 1.54) is 5.56 Å². The van der Waals surface area contributed by atoms with Crippen molar-refractivity contribution in [3.8, 4) is 0 Å². The van der Waals surface area contributed by atoms with Gasteiger partial charge >= 0.3 is 0 Å². The van der Waals surface area contributed by atoms with E-state index >= 15 is 0 Å². The highest BCUT2D eigenvalue weighted by atomic mass is 35.5. The van der Waals surface area contributed by atoms with E-state index in [0.29, 0.717) is 13.0 Å². The molecule has 1 fully saturated rings. The van der Waals surface area contributed by atoms with E-state index in [0.717, 1.165) is 12.8 Å². The van der Waals surface area contributed by atoms with Gasteiger partial charge in [0.05, 0.1) is 5.41 Å². The maximum atomic E-state index is 12.3. The van der Waals surface area contributed by atoms with Gasteiger partial charge in [0.25, 0.3) is 0 Å². The van der Waals surface area contributed by atoms with Gasteiger partial charge in [-0.1, -0.05) is 44.2 Å².